The summed E-state index contributed by atoms with van der Waals surface area (Å²) >= 11 is 1.75. The van der Waals surface area contributed by atoms with Crippen LogP contribution < -0.4 is 5.32 Å². The number of benzene rings is 1. The lowest BCUT2D eigenvalue weighted by Gasteiger charge is -2.18. The molecule has 0 radical (unpaired) electrons. The Morgan fingerprint density at radius 3 is 3.10 bits per heavy atom. The van der Waals surface area contributed by atoms with E-state index in [-0.39, 0.29) is 0 Å². The number of hydrogen-bond donors (Lipinski definition) is 1. The molecular formula is C16H15N3S. The summed E-state index contributed by atoms with van der Waals surface area (Å²) in [5.41, 5.74) is 5.21. The number of hydrogen-bond acceptors (Lipinski definition) is 3. The summed E-state index contributed by atoms with van der Waals surface area (Å²) in [5.74, 6) is 0. The molecular weight excluding hydrogens is 266 g/mol. The van der Waals surface area contributed by atoms with Crippen molar-refractivity contribution in [2.24, 2.45) is 0 Å². The fraction of sp³-hybridized carbons (Fsp3) is 0.188. The van der Waals surface area contributed by atoms with Crippen LogP contribution in [0.5, 0.6) is 0 Å². The third kappa shape index (κ3) is 1.97. The van der Waals surface area contributed by atoms with E-state index in [1.54, 1.807) is 11.3 Å². The molecule has 0 unspecified atom stereocenters. The quantitative estimate of drug-likeness (QED) is 0.781. The minimum Gasteiger partial charge on any atom is -0.312 e. The van der Waals surface area contributed by atoms with Gasteiger partial charge in [-0.1, -0.05) is 12.1 Å². The van der Waals surface area contributed by atoms with Crippen LogP contribution in [-0.2, 0) is 13.0 Å². The van der Waals surface area contributed by atoms with Crippen molar-refractivity contribution in [2.75, 3.05) is 6.54 Å². The monoisotopic (exact) mass is 281 g/mol. The fourth-order valence-electron chi connectivity index (χ4n) is 2.72. The molecule has 4 heteroatoms. The van der Waals surface area contributed by atoms with Crippen molar-refractivity contribution >= 4 is 11.3 Å². The van der Waals surface area contributed by atoms with Gasteiger partial charge in [-0.2, -0.15) is 0 Å². The molecule has 1 aliphatic heterocycles. The van der Waals surface area contributed by atoms with E-state index in [9.17, 15) is 0 Å². The molecule has 3 heterocycles. The SMILES string of the molecule is c1csc(-c2cncn2-c2ccc3c(c2)CNCC3)c1. The van der Waals surface area contributed by atoms with E-state index in [1.165, 1.54) is 21.7 Å². The normalized spacial score (nSPS) is 14.2. The molecule has 0 saturated heterocycles. The van der Waals surface area contributed by atoms with Crippen LogP contribution in [0.25, 0.3) is 16.3 Å². The lowest BCUT2D eigenvalue weighted by atomic mass is 10.0. The van der Waals surface area contributed by atoms with Crippen LogP contribution in [0.2, 0.25) is 0 Å². The molecule has 20 heavy (non-hydrogen) atoms. The molecule has 0 spiro atoms. The van der Waals surface area contributed by atoms with E-state index >= 15 is 0 Å². The first-order valence-electron chi connectivity index (χ1n) is 6.81. The van der Waals surface area contributed by atoms with Gasteiger partial charge in [0.2, 0.25) is 0 Å². The summed E-state index contributed by atoms with van der Waals surface area (Å²) in [5, 5.41) is 5.53. The molecule has 2 aromatic heterocycles. The average Bonchev–Trinajstić information content (AvgIpc) is 3.17. The van der Waals surface area contributed by atoms with E-state index in [2.05, 4.69) is 50.6 Å². The third-order valence-corrected chi connectivity index (χ3v) is 4.66. The van der Waals surface area contributed by atoms with E-state index < -0.39 is 0 Å². The zero-order chi connectivity index (χ0) is 13.4. The number of thiophene rings is 1. The molecule has 3 nitrogen and oxygen atoms in total. The lowest BCUT2D eigenvalue weighted by molar-refractivity contribution is 0.643. The predicted molar refractivity (Wildman–Crippen MR) is 82.3 cm³/mol. The summed E-state index contributed by atoms with van der Waals surface area (Å²) < 4.78 is 2.17. The first kappa shape index (κ1) is 11.9. The topological polar surface area (TPSA) is 29.9 Å². The van der Waals surface area contributed by atoms with Gasteiger partial charge in [-0.05, 0) is 47.7 Å². The van der Waals surface area contributed by atoms with Crippen molar-refractivity contribution in [2.45, 2.75) is 13.0 Å². The molecule has 0 amide bonds. The molecule has 1 aromatic carbocycles. The Hall–Kier alpha value is -1.91. The second kappa shape index (κ2) is 4.89. The van der Waals surface area contributed by atoms with Gasteiger partial charge in [0.05, 0.1) is 23.1 Å². The largest absolute Gasteiger partial charge is 0.312 e. The highest BCUT2D eigenvalue weighted by atomic mass is 32.1. The van der Waals surface area contributed by atoms with E-state index in [1.807, 2.05) is 12.5 Å². The Bertz CT molecular complexity index is 728. The van der Waals surface area contributed by atoms with Gasteiger partial charge in [-0.3, -0.25) is 4.57 Å². The summed E-state index contributed by atoms with van der Waals surface area (Å²) in [7, 11) is 0. The van der Waals surface area contributed by atoms with Gasteiger partial charge in [0, 0.05) is 12.2 Å². The van der Waals surface area contributed by atoms with Crippen molar-refractivity contribution in [3.05, 3.63) is 59.4 Å². The van der Waals surface area contributed by atoms with Crippen LogP contribution in [-0.4, -0.2) is 16.1 Å². The van der Waals surface area contributed by atoms with Crippen LogP contribution in [0.4, 0.5) is 0 Å². The summed E-state index contributed by atoms with van der Waals surface area (Å²) in [6, 6.07) is 10.9. The summed E-state index contributed by atoms with van der Waals surface area (Å²) in [4.78, 5) is 5.57. The molecule has 0 atom stereocenters. The molecule has 1 aliphatic rings. The highest BCUT2D eigenvalue weighted by Crippen LogP contribution is 2.28. The van der Waals surface area contributed by atoms with Crippen LogP contribution in [0.15, 0.2) is 48.2 Å². The molecule has 4 rings (SSSR count). The maximum atomic E-state index is 4.32. The fourth-order valence-corrected chi connectivity index (χ4v) is 3.46. The first-order chi connectivity index (χ1) is 9.92. The smallest absolute Gasteiger partial charge is 0.0997 e. The number of aromatic nitrogens is 2. The average molecular weight is 281 g/mol. The highest BCUT2D eigenvalue weighted by Gasteiger charge is 2.12. The van der Waals surface area contributed by atoms with Gasteiger partial charge >= 0.3 is 0 Å². The maximum Gasteiger partial charge on any atom is 0.0997 e. The molecule has 100 valence electrons. The maximum absolute atomic E-state index is 4.32. The van der Waals surface area contributed by atoms with Gasteiger partial charge in [0.25, 0.3) is 0 Å². The van der Waals surface area contributed by atoms with Gasteiger partial charge < -0.3 is 5.32 Å². The van der Waals surface area contributed by atoms with E-state index in [0.717, 1.165) is 25.2 Å². The second-order valence-corrected chi connectivity index (χ2v) is 5.95. The Morgan fingerprint density at radius 2 is 2.20 bits per heavy atom. The Balaban J connectivity index is 1.80. The van der Waals surface area contributed by atoms with Crippen molar-refractivity contribution in [3.63, 3.8) is 0 Å². The minimum atomic E-state index is 0.964. The Kier molecular flexibility index (Phi) is 2.90. The standard InChI is InChI=1S/C16H15N3S/c1-2-16(20-7-1)15-10-18-11-19(15)14-4-3-12-5-6-17-9-13(12)8-14/h1-4,7-8,10-11,17H,5-6,9H2. The number of rotatable bonds is 2. The van der Waals surface area contributed by atoms with Crippen molar-refractivity contribution in [3.8, 4) is 16.3 Å². The van der Waals surface area contributed by atoms with Gasteiger partial charge in [-0.15, -0.1) is 11.3 Å². The van der Waals surface area contributed by atoms with Gasteiger partial charge in [0.15, 0.2) is 0 Å². The van der Waals surface area contributed by atoms with Crippen molar-refractivity contribution in [1.29, 1.82) is 0 Å². The number of nitrogens with one attached hydrogen (secondary N) is 1. The Labute approximate surface area is 121 Å². The van der Waals surface area contributed by atoms with Crippen LogP contribution >= 0.6 is 11.3 Å². The number of imidazole rings is 1. The summed E-state index contributed by atoms with van der Waals surface area (Å²) in [6.45, 7) is 2.05. The molecule has 0 aliphatic carbocycles. The molecule has 0 bridgehead atoms. The molecule has 3 aromatic rings. The molecule has 0 fully saturated rings. The predicted octanol–water partition coefficient (Wildman–Crippen LogP) is 3.25. The number of nitrogens with zero attached hydrogens (tertiary/aromatic N) is 2. The zero-order valence-corrected chi connectivity index (χ0v) is 11.9. The minimum absolute atomic E-state index is 0.964. The van der Waals surface area contributed by atoms with Crippen molar-refractivity contribution < 1.29 is 0 Å². The van der Waals surface area contributed by atoms with Crippen LogP contribution in [0.3, 0.4) is 0 Å². The van der Waals surface area contributed by atoms with Crippen LogP contribution in [0.1, 0.15) is 11.1 Å². The highest BCUT2D eigenvalue weighted by molar-refractivity contribution is 7.13. The van der Waals surface area contributed by atoms with Gasteiger partial charge in [0.1, 0.15) is 0 Å². The summed E-state index contributed by atoms with van der Waals surface area (Å²) in [6.07, 6.45) is 4.95. The van der Waals surface area contributed by atoms with Crippen molar-refractivity contribution in [1.82, 2.24) is 14.9 Å². The first-order valence-corrected chi connectivity index (χ1v) is 7.69. The van der Waals surface area contributed by atoms with E-state index in [0.29, 0.717) is 0 Å². The van der Waals surface area contributed by atoms with E-state index in [4.69, 9.17) is 0 Å². The zero-order valence-electron chi connectivity index (χ0n) is 11.0. The third-order valence-electron chi connectivity index (χ3n) is 3.77. The van der Waals surface area contributed by atoms with Gasteiger partial charge in [-0.25, -0.2) is 4.98 Å². The lowest BCUT2D eigenvalue weighted by Crippen LogP contribution is -2.23. The van der Waals surface area contributed by atoms with Crippen LogP contribution in [0, 0.1) is 0 Å². The molecule has 0 saturated carbocycles. The molecule has 1 N–H and O–H groups in total. The number of fused-ring (bicyclic) bond motifs is 1. The second-order valence-electron chi connectivity index (χ2n) is 5.01. The Morgan fingerprint density at radius 1 is 1.20 bits per heavy atom.